The first-order valence-corrected chi connectivity index (χ1v) is 8.06. The van der Waals surface area contributed by atoms with Crippen molar-refractivity contribution < 1.29 is 13.4 Å². The third-order valence-corrected chi connectivity index (χ3v) is 4.93. The number of nitrogen functional groups attached to an aromatic ring is 1. The number of hydrogen-bond donors (Lipinski definition) is 2. The Labute approximate surface area is 132 Å². The van der Waals surface area contributed by atoms with E-state index in [0.717, 1.165) is 6.07 Å². The van der Waals surface area contributed by atoms with Crippen molar-refractivity contribution in [2.24, 2.45) is 0 Å². The molecule has 0 radical (unpaired) electrons. The number of rotatable bonds is 4. The number of hydrogen-bond acceptors (Lipinski definition) is 3. The van der Waals surface area contributed by atoms with Crippen LogP contribution in [0.15, 0.2) is 51.8 Å². The molecule has 1 unspecified atom stereocenters. The van der Waals surface area contributed by atoms with Crippen LogP contribution < -0.4 is 11.1 Å². The van der Waals surface area contributed by atoms with Gasteiger partial charge >= 0.3 is 0 Å². The molecule has 1 atom stereocenters. The fourth-order valence-electron chi connectivity index (χ4n) is 1.65. The molecule has 0 aliphatic rings. The largest absolute Gasteiger partial charge is 0.399 e. The summed E-state index contributed by atoms with van der Waals surface area (Å²) < 4.78 is 26.3. The van der Waals surface area contributed by atoms with E-state index in [1.54, 1.807) is 24.3 Å². The van der Waals surface area contributed by atoms with E-state index in [-0.39, 0.29) is 11.4 Å². The van der Waals surface area contributed by atoms with E-state index in [1.807, 2.05) is 0 Å². The van der Waals surface area contributed by atoms with Crippen molar-refractivity contribution in [2.45, 2.75) is 4.90 Å². The van der Waals surface area contributed by atoms with Crippen LogP contribution in [0.2, 0.25) is 0 Å². The molecule has 0 heterocycles. The number of nitrogens with two attached hydrogens (primary N) is 1. The van der Waals surface area contributed by atoms with Crippen LogP contribution in [0.25, 0.3) is 0 Å². The van der Waals surface area contributed by atoms with E-state index >= 15 is 0 Å². The number of nitrogens with one attached hydrogen (secondary N) is 1. The normalized spacial score (nSPS) is 11.9. The van der Waals surface area contributed by atoms with Crippen LogP contribution in [0.5, 0.6) is 0 Å². The minimum atomic E-state index is -1.52. The molecule has 1 amide bonds. The van der Waals surface area contributed by atoms with Crippen molar-refractivity contribution in [1.82, 2.24) is 0 Å². The van der Waals surface area contributed by atoms with E-state index in [2.05, 4.69) is 21.2 Å². The summed E-state index contributed by atoms with van der Waals surface area (Å²) in [7, 11) is -1.52. The molecular formula is C14H12BrFN2O2S. The van der Waals surface area contributed by atoms with Gasteiger partial charge in [-0.1, -0.05) is 12.1 Å². The predicted octanol–water partition coefficient (Wildman–Crippen LogP) is 2.92. The van der Waals surface area contributed by atoms with Gasteiger partial charge in [0.25, 0.3) is 0 Å². The van der Waals surface area contributed by atoms with Gasteiger partial charge in [-0.2, -0.15) is 0 Å². The second kappa shape index (κ2) is 6.82. The highest BCUT2D eigenvalue weighted by atomic mass is 79.9. The van der Waals surface area contributed by atoms with Gasteiger partial charge in [0.15, 0.2) is 0 Å². The highest BCUT2D eigenvalue weighted by molar-refractivity contribution is 9.10. The summed E-state index contributed by atoms with van der Waals surface area (Å²) in [5.41, 5.74) is 5.84. The topological polar surface area (TPSA) is 72.2 Å². The summed E-state index contributed by atoms with van der Waals surface area (Å²) >= 11 is 3.27. The average Bonchev–Trinajstić information content (AvgIpc) is 2.43. The summed E-state index contributed by atoms with van der Waals surface area (Å²) in [6.07, 6.45) is 0. The summed E-state index contributed by atoms with van der Waals surface area (Å²) in [5, 5.41) is 2.37. The number of halogens is 2. The Bertz CT molecular complexity index is 709. The quantitative estimate of drug-likeness (QED) is 0.812. The minimum absolute atomic E-state index is 0.0240. The van der Waals surface area contributed by atoms with Crippen LogP contribution in [0.1, 0.15) is 0 Å². The SMILES string of the molecule is Nc1ccc(F)c(NC(=O)CS(=O)c2ccccc2Br)c1. The van der Waals surface area contributed by atoms with Crippen LogP contribution >= 0.6 is 15.9 Å². The Morgan fingerprint density at radius 1 is 1.29 bits per heavy atom. The maximum absolute atomic E-state index is 13.5. The van der Waals surface area contributed by atoms with Crippen LogP contribution in [0.3, 0.4) is 0 Å². The maximum atomic E-state index is 13.5. The highest BCUT2D eigenvalue weighted by Gasteiger charge is 2.14. The molecular weight excluding hydrogens is 359 g/mol. The molecule has 7 heteroatoms. The van der Waals surface area contributed by atoms with Gasteiger partial charge in [-0.05, 0) is 46.3 Å². The number of amides is 1. The number of carbonyl (C=O) groups excluding carboxylic acids is 1. The number of benzene rings is 2. The highest BCUT2D eigenvalue weighted by Crippen LogP contribution is 2.21. The third-order valence-electron chi connectivity index (χ3n) is 2.61. The minimum Gasteiger partial charge on any atom is -0.399 e. The molecule has 0 saturated heterocycles. The Balaban J connectivity index is 2.07. The van der Waals surface area contributed by atoms with Gasteiger partial charge in [0.05, 0.1) is 21.4 Å². The van der Waals surface area contributed by atoms with Gasteiger partial charge in [0, 0.05) is 10.2 Å². The van der Waals surface area contributed by atoms with Crippen molar-refractivity contribution in [1.29, 1.82) is 0 Å². The van der Waals surface area contributed by atoms with E-state index in [4.69, 9.17) is 5.73 Å². The molecule has 2 aromatic carbocycles. The fraction of sp³-hybridized carbons (Fsp3) is 0.0714. The van der Waals surface area contributed by atoms with Gasteiger partial charge in [-0.25, -0.2) is 4.39 Å². The van der Waals surface area contributed by atoms with Gasteiger partial charge in [0.1, 0.15) is 11.6 Å². The summed E-state index contributed by atoms with van der Waals surface area (Å²) in [6, 6.07) is 10.8. The Kier molecular flexibility index (Phi) is 5.08. The van der Waals surface area contributed by atoms with E-state index in [9.17, 15) is 13.4 Å². The fourth-order valence-corrected chi connectivity index (χ4v) is 3.46. The molecule has 0 fully saturated rings. The number of anilines is 2. The van der Waals surface area contributed by atoms with Crippen LogP contribution in [0, 0.1) is 5.82 Å². The molecule has 0 aliphatic heterocycles. The molecule has 2 rings (SSSR count). The monoisotopic (exact) mass is 370 g/mol. The molecule has 0 saturated carbocycles. The first-order valence-electron chi connectivity index (χ1n) is 5.95. The van der Waals surface area contributed by atoms with Gasteiger partial charge in [-0.15, -0.1) is 0 Å². The molecule has 110 valence electrons. The molecule has 3 N–H and O–H groups in total. The first-order chi connectivity index (χ1) is 9.97. The molecule has 0 spiro atoms. The Hall–Kier alpha value is -1.73. The predicted molar refractivity (Wildman–Crippen MR) is 84.9 cm³/mol. The third kappa shape index (κ3) is 4.12. The molecule has 0 bridgehead atoms. The van der Waals surface area contributed by atoms with Crippen molar-refractivity contribution in [2.75, 3.05) is 16.8 Å². The second-order valence-corrected chi connectivity index (χ2v) is 6.48. The zero-order valence-corrected chi connectivity index (χ0v) is 13.2. The maximum Gasteiger partial charge on any atom is 0.237 e. The standard InChI is InChI=1S/C14H12BrFN2O2S/c15-10-3-1-2-4-13(10)21(20)8-14(19)18-12-7-9(17)5-6-11(12)16/h1-7H,8,17H2,(H,18,19). The van der Waals surface area contributed by atoms with E-state index in [0.29, 0.717) is 15.1 Å². The summed E-state index contributed by atoms with van der Waals surface area (Å²) in [4.78, 5) is 12.4. The van der Waals surface area contributed by atoms with Crippen molar-refractivity contribution in [3.05, 3.63) is 52.8 Å². The zero-order valence-electron chi connectivity index (χ0n) is 10.8. The number of carbonyl (C=O) groups is 1. The lowest BCUT2D eigenvalue weighted by atomic mass is 10.2. The molecule has 0 aromatic heterocycles. The Morgan fingerprint density at radius 3 is 2.71 bits per heavy atom. The second-order valence-electron chi connectivity index (χ2n) is 4.21. The summed E-state index contributed by atoms with van der Waals surface area (Å²) in [6.45, 7) is 0. The van der Waals surface area contributed by atoms with Crippen LogP contribution in [-0.2, 0) is 15.6 Å². The van der Waals surface area contributed by atoms with Crippen molar-refractivity contribution in [3.63, 3.8) is 0 Å². The lowest BCUT2D eigenvalue weighted by Crippen LogP contribution is -2.20. The molecule has 2 aromatic rings. The molecule has 21 heavy (non-hydrogen) atoms. The van der Waals surface area contributed by atoms with E-state index < -0.39 is 22.5 Å². The van der Waals surface area contributed by atoms with Gasteiger partial charge < -0.3 is 11.1 Å². The Morgan fingerprint density at radius 2 is 2.00 bits per heavy atom. The van der Waals surface area contributed by atoms with Crippen molar-refractivity contribution in [3.8, 4) is 0 Å². The van der Waals surface area contributed by atoms with Crippen LogP contribution in [-0.4, -0.2) is 15.9 Å². The van der Waals surface area contributed by atoms with E-state index in [1.165, 1.54) is 12.1 Å². The molecule has 4 nitrogen and oxygen atoms in total. The van der Waals surface area contributed by atoms with Gasteiger partial charge in [0.2, 0.25) is 5.91 Å². The van der Waals surface area contributed by atoms with Crippen molar-refractivity contribution >= 4 is 44.0 Å². The first kappa shape index (κ1) is 15.7. The van der Waals surface area contributed by atoms with Gasteiger partial charge in [-0.3, -0.25) is 9.00 Å². The average molecular weight is 371 g/mol. The lowest BCUT2D eigenvalue weighted by Gasteiger charge is -2.08. The lowest BCUT2D eigenvalue weighted by molar-refractivity contribution is -0.113. The smallest absolute Gasteiger partial charge is 0.237 e. The summed E-state index contributed by atoms with van der Waals surface area (Å²) in [5.74, 6) is -1.41. The zero-order chi connectivity index (χ0) is 15.4. The van der Waals surface area contributed by atoms with Crippen LogP contribution in [0.4, 0.5) is 15.8 Å². The molecule has 0 aliphatic carbocycles.